The van der Waals surface area contributed by atoms with Crippen LogP contribution < -0.4 is 4.74 Å². The van der Waals surface area contributed by atoms with Gasteiger partial charge in [-0.25, -0.2) is 14.6 Å². The van der Waals surface area contributed by atoms with Gasteiger partial charge in [0.25, 0.3) is 5.91 Å². The lowest BCUT2D eigenvalue weighted by Gasteiger charge is -2.07. The summed E-state index contributed by atoms with van der Waals surface area (Å²) in [5.74, 6) is -1.23. The average molecular weight is 426 g/mol. The van der Waals surface area contributed by atoms with Crippen molar-refractivity contribution >= 4 is 46.5 Å². The van der Waals surface area contributed by atoms with Crippen molar-refractivity contribution in [2.24, 2.45) is 4.99 Å². The first-order valence-corrected chi connectivity index (χ1v) is 9.58. The van der Waals surface area contributed by atoms with Crippen molar-refractivity contribution in [2.75, 3.05) is 20.8 Å². The van der Waals surface area contributed by atoms with E-state index in [9.17, 15) is 14.4 Å². The van der Waals surface area contributed by atoms with Gasteiger partial charge in [-0.05, 0) is 59.8 Å². The fraction of sp³-hybridized carbons (Fsp3) is 0.143. The number of aliphatic imine (C=N–C) groups is 1. The number of ether oxygens (including phenoxy) is 2. The predicted molar refractivity (Wildman–Crippen MR) is 113 cm³/mol. The number of benzene rings is 2. The van der Waals surface area contributed by atoms with E-state index in [4.69, 9.17) is 9.84 Å². The van der Waals surface area contributed by atoms with Crippen LogP contribution in [0.3, 0.4) is 0 Å². The summed E-state index contributed by atoms with van der Waals surface area (Å²) in [5, 5.41) is 9.45. The largest absolute Gasteiger partial charge is 0.482 e. The molecule has 1 aliphatic heterocycles. The molecule has 30 heavy (non-hydrogen) atoms. The summed E-state index contributed by atoms with van der Waals surface area (Å²) in [5.41, 5.74) is 1.44. The third kappa shape index (κ3) is 5.06. The second kappa shape index (κ2) is 9.27. The van der Waals surface area contributed by atoms with Crippen LogP contribution in [-0.2, 0) is 14.3 Å². The molecule has 1 amide bonds. The van der Waals surface area contributed by atoms with Crippen LogP contribution in [0.4, 0.5) is 5.69 Å². The van der Waals surface area contributed by atoms with Gasteiger partial charge in [0.05, 0.1) is 23.3 Å². The van der Waals surface area contributed by atoms with E-state index in [1.807, 2.05) is 6.07 Å². The van der Waals surface area contributed by atoms with Gasteiger partial charge >= 0.3 is 11.9 Å². The van der Waals surface area contributed by atoms with Gasteiger partial charge in [0.15, 0.2) is 11.8 Å². The van der Waals surface area contributed by atoms with Gasteiger partial charge in [0.1, 0.15) is 5.75 Å². The standard InChI is InChI=1S/C21H18N2O6S/c1-23-19(25)17(11-13-4-3-5-16(10-13)29-12-18(24)28-2)30-21(23)22-15-8-6-14(7-9-15)20(26)27/h3-11H,12H2,1-2H3,(H,26,27)/b17-11+,22-21?. The molecular weight excluding hydrogens is 408 g/mol. The topological polar surface area (TPSA) is 106 Å². The highest BCUT2D eigenvalue weighted by Crippen LogP contribution is 2.33. The van der Waals surface area contributed by atoms with Crippen molar-refractivity contribution in [3.05, 3.63) is 64.6 Å². The summed E-state index contributed by atoms with van der Waals surface area (Å²) in [6.45, 7) is -0.204. The number of amides is 1. The van der Waals surface area contributed by atoms with Gasteiger partial charge in [-0.15, -0.1) is 0 Å². The molecule has 1 aliphatic rings. The van der Waals surface area contributed by atoms with Crippen LogP contribution >= 0.6 is 11.8 Å². The number of hydrogen-bond donors (Lipinski definition) is 1. The summed E-state index contributed by atoms with van der Waals surface area (Å²) in [6, 6.07) is 13.1. The minimum absolute atomic E-state index is 0.164. The average Bonchev–Trinajstić information content (AvgIpc) is 3.00. The molecule has 3 rings (SSSR count). The smallest absolute Gasteiger partial charge is 0.343 e. The highest BCUT2D eigenvalue weighted by atomic mass is 32.2. The van der Waals surface area contributed by atoms with Crippen molar-refractivity contribution in [1.29, 1.82) is 0 Å². The Balaban J connectivity index is 1.77. The number of hydrogen-bond acceptors (Lipinski definition) is 7. The third-order valence-electron chi connectivity index (χ3n) is 4.08. The number of aromatic carboxylic acids is 1. The number of carbonyl (C=O) groups excluding carboxylic acids is 2. The number of methoxy groups -OCH3 is 1. The number of carbonyl (C=O) groups is 3. The van der Waals surface area contributed by atoms with E-state index in [0.717, 1.165) is 5.56 Å². The molecular formula is C21H18N2O6S. The van der Waals surface area contributed by atoms with Crippen LogP contribution in [0.2, 0.25) is 0 Å². The summed E-state index contributed by atoms with van der Waals surface area (Å²) < 4.78 is 9.91. The molecule has 0 aliphatic carbocycles. The Labute approximate surface area is 176 Å². The van der Waals surface area contributed by atoms with E-state index >= 15 is 0 Å². The summed E-state index contributed by atoms with van der Waals surface area (Å²) in [6.07, 6.45) is 1.71. The van der Waals surface area contributed by atoms with Gasteiger partial charge in [-0.1, -0.05) is 12.1 Å². The molecule has 0 saturated carbocycles. The van der Waals surface area contributed by atoms with Gasteiger partial charge in [-0.3, -0.25) is 9.69 Å². The maximum Gasteiger partial charge on any atom is 0.343 e. The van der Waals surface area contributed by atoms with E-state index in [1.54, 1.807) is 43.5 Å². The number of thioether (sulfide) groups is 1. The fourth-order valence-corrected chi connectivity index (χ4v) is 3.47. The second-order valence-electron chi connectivity index (χ2n) is 6.16. The molecule has 1 heterocycles. The van der Waals surface area contributed by atoms with Crippen molar-refractivity contribution in [2.45, 2.75) is 0 Å². The quantitative estimate of drug-likeness (QED) is 0.559. The molecule has 0 unspecified atom stereocenters. The van der Waals surface area contributed by atoms with E-state index < -0.39 is 11.9 Å². The zero-order valence-corrected chi connectivity index (χ0v) is 17.0. The molecule has 9 heteroatoms. The van der Waals surface area contributed by atoms with Crippen molar-refractivity contribution in [3.8, 4) is 5.75 Å². The van der Waals surface area contributed by atoms with Crippen LogP contribution in [0.25, 0.3) is 6.08 Å². The van der Waals surface area contributed by atoms with E-state index in [1.165, 1.54) is 35.9 Å². The number of esters is 1. The van der Waals surface area contributed by atoms with Crippen LogP contribution in [0.5, 0.6) is 5.75 Å². The molecule has 1 saturated heterocycles. The Hall–Kier alpha value is -3.59. The van der Waals surface area contributed by atoms with Gasteiger partial charge in [0, 0.05) is 7.05 Å². The third-order valence-corrected chi connectivity index (χ3v) is 5.14. The summed E-state index contributed by atoms with van der Waals surface area (Å²) in [7, 11) is 2.90. The SMILES string of the molecule is COC(=O)COc1cccc(/C=C2/SC(=Nc3ccc(C(=O)O)cc3)N(C)C2=O)c1. The van der Waals surface area contributed by atoms with Crippen LogP contribution in [0.15, 0.2) is 58.4 Å². The van der Waals surface area contributed by atoms with E-state index in [-0.39, 0.29) is 18.1 Å². The number of carboxylic acids is 1. The molecule has 0 aromatic heterocycles. The van der Waals surface area contributed by atoms with Crippen molar-refractivity contribution < 1.29 is 29.0 Å². The molecule has 0 radical (unpaired) electrons. The monoisotopic (exact) mass is 426 g/mol. The van der Waals surface area contributed by atoms with E-state index in [0.29, 0.717) is 21.5 Å². The highest BCUT2D eigenvalue weighted by molar-refractivity contribution is 8.18. The molecule has 0 bridgehead atoms. The maximum absolute atomic E-state index is 12.6. The number of nitrogens with zero attached hydrogens (tertiary/aromatic N) is 2. The zero-order valence-electron chi connectivity index (χ0n) is 16.2. The number of likely N-dealkylation sites (N-methyl/N-ethyl adjacent to an activating group) is 1. The first-order chi connectivity index (χ1) is 14.4. The Bertz CT molecular complexity index is 1050. The second-order valence-corrected chi connectivity index (χ2v) is 7.17. The molecule has 1 fully saturated rings. The zero-order chi connectivity index (χ0) is 21.7. The first-order valence-electron chi connectivity index (χ1n) is 8.76. The first kappa shape index (κ1) is 21.1. The molecule has 1 N–H and O–H groups in total. The minimum Gasteiger partial charge on any atom is -0.482 e. The Morgan fingerprint density at radius 1 is 1.20 bits per heavy atom. The Morgan fingerprint density at radius 3 is 2.60 bits per heavy atom. The molecule has 2 aromatic carbocycles. The fourth-order valence-electron chi connectivity index (χ4n) is 2.49. The molecule has 2 aromatic rings. The molecule has 154 valence electrons. The lowest BCUT2D eigenvalue weighted by molar-refractivity contribution is -0.142. The minimum atomic E-state index is -1.01. The summed E-state index contributed by atoms with van der Waals surface area (Å²) >= 11 is 1.21. The Morgan fingerprint density at radius 2 is 1.93 bits per heavy atom. The van der Waals surface area contributed by atoms with E-state index in [2.05, 4.69) is 9.73 Å². The van der Waals surface area contributed by atoms with Crippen molar-refractivity contribution in [3.63, 3.8) is 0 Å². The number of rotatable bonds is 6. The van der Waals surface area contributed by atoms with Crippen LogP contribution in [0.1, 0.15) is 15.9 Å². The van der Waals surface area contributed by atoms with Gasteiger partial charge in [-0.2, -0.15) is 0 Å². The van der Waals surface area contributed by atoms with Gasteiger partial charge in [0.2, 0.25) is 0 Å². The number of carboxylic acid groups (broad SMARTS) is 1. The van der Waals surface area contributed by atoms with Crippen LogP contribution in [-0.4, -0.2) is 53.8 Å². The van der Waals surface area contributed by atoms with Crippen LogP contribution in [0, 0.1) is 0 Å². The predicted octanol–water partition coefficient (Wildman–Crippen LogP) is 3.17. The Kier molecular flexibility index (Phi) is 6.53. The lowest BCUT2D eigenvalue weighted by Crippen LogP contribution is -2.23. The van der Waals surface area contributed by atoms with Crippen molar-refractivity contribution in [1.82, 2.24) is 4.90 Å². The summed E-state index contributed by atoms with van der Waals surface area (Å²) in [4.78, 5) is 41.1. The normalized spacial score (nSPS) is 16.2. The molecule has 0 spiro atoms. The lowest BCUT2D eigenvalue weighted by atomic mass is 10.2. The number of amidine groups is 1. The maximum atomic E-state index is 12.6. The van der Waals surface area contributed by atoms with Gasteiger partial charge < -0.3 is 14.6 Å². The molecule has 8 nitrogen and oxygen atoms in total. The molecule has 0 atom stereocenters. The highest BCUT2D eigenvalue weighted by Gasteiger charge is 2.30.